The van der Waals surface area contributed by atoms with Crippen LogP contribution in [0.2, 0.25) is 0 Å². The number of esters is 1. The van der Waals surface area contributed by atoms with E-state index in [1.54, 1.807) is 13.8 Å². The number of ether oxygens (including phenoxy) is 1. The molecule has 70 valence electrons. The Hall–Kier alpha value is -0.580. The summed E-state index contributed by atoms with van der Waals surface area (Å²) in [5, 5.41) is 2.57. The van der Waals surface area contributed by atoms with Crippen LogP contribution in [0.25, 0.3) is 0 Å². The molecular formula is C7H12BrNO3. The van der Waals surface area contributed by atoms with Crippen molar-refractivity contribution in [2.24, 2.45) is 0 Å². The molecule has 1 amide bonds. The topological polar surface area (TPSA) is 55.4 Å². The molecule has 0 spiro atoms. The molecule has 0 atom stereocenters. The summed E-state index contributed by atoms with van der Waals surface area (Å²) in [5.74, 6) is -0.644. The Morgan fingerprint density at radius 3 is 2.50 bits per heavy atom. The highest BCUT2D eigenvalue weighted by atomic mass is 79.9. The molecule has 0 bridgehead atoms. The van der Waals surface area contributed by atoms with E-state index in [-0.39, 0.29) is 23.9 Å². The lowest BCUT2D eigenvalue weighted by Gasteiger charge is -2.07. The molecule has 1 N–H and O–H groups in total. The Bertz CT molecular complexity index is 170. The maximum Gasteiger partial charge on any atom is 0.325 e. The van der Waals surface area contributed by atoms with Gasteiger partial charge in [-0.05, 0) is 13.8 Å². The lowest BCUT2D eigenvalue weighted by Crippen LogP contribution is -2.32. The minimum atomic E-state index is -0.417. The minimum absolute atomic E-state index is 0.0669. The van der Waals surface area contributed by atoms with Gasteiger partial charge in [0, 0.05) is 0 Å². The van der Waals surface area contributed by atoms with E-state index in [4.69, 9.17) is 4.74 Å². The van der Waals surface area contributed by atoms with Crippen LogP contribution in [0.4, 0.5) is 0 Å². The quantitative estimate of drug-likeness (QED) is 0.571. The standard InChI is InChI=1S/C7H12BrNO3/c1-5(2)12-7(11)4-9-6(10)3-8/h5H,3-4H2,1-2H3,(H,9,10). The van der Waals surface area contributed by atoms with Crippen LogP contribution >= 0.6 is 15.9 Å². The SMILES string of the molecule is CC(C)OC(=O)CNC(=O)CBr. The van der Waals surface area contributed by atoms with Gasteiger partial charge in [0.25, 0.3) is 0 Å². The molecule has 0 saturated heterocycles. The molecule has 0 aromatic carbocycles. The van der Waals surface area contributed by atoms with Gasteiger partial charge >= 0.3 is 5.97 Å². The molecular weight excluding hydrogens is 226 g/mol. The first-order chi connectivity index (χ1) is 5.56. The lowest BCUT2D eigenvalue weighted by molar-refractivity contribution is -0.147. The second kappa shape index (κ2) is 5.99. The van der Waals surface area contributed by atoms with Gasteiger partial charge in [-0.15, -0.1) is 0 Å². The van der Waals surface area contributed by atoms with E-state index in [0.29, 0.717) is 0 Å². The van der Waals surface area contributed by atoms with Gasteiger partial charge in [0.1, 0.15) is 6.54 Å². The zero-order valence-electron chi connectivity index (χ0n) is 7.09. The van der Waals surface area contributed by atoms with Crippen molar-refractivity contribution in [1.29, 1.82) is 0 Å². The monoisotopic (exact) mass is 237 g/mol. The van der Waals surface area contributed by atoms with Crippen molar-refractivity contribution in [2.75, 3.05) is 11.9 Å². The van der Waals surface area contributed by atoms with Gasteiger partial charge in [-0.3, -0.25) is 9.59 Å². The number of carbonyl (C=O) groups excluding carboxylic acids is 2. The van der Waals surface area contributed by atoms with Crippen molar-refractivity contribution in [1.82, 2.24) is 5.32 Å². The first-order valence-electron chi connectivity index (χ1n) is 3.58. The lowest BCUT2D eigenvalue weighted by atomic mass is 10.5. The van der Waals surface area contributed by atoms with E-state index >= 15 is 0 Å². The molecule has 0 saturated carbocycles. The normalized spacial score (nSPS) is 9.67. The largest absolute Gasteiger partial charge is 0.462 e. The summed E-state index contributed by atoms with van der Waals surface area (Å²) in [4.78, 5) is 21.5. The fourth-order valence-electron chi connectivity index (χ4n) is 0.523. The molecule has 0 aromatic heterocycles. The summed E-state index contributed by atoms with van der Waals surface area (Å²) < 4.78 is 4.78. The van der Waals surface area contributed by atoms with E-state index in [9.17, 15) is 9.59 Å². The predicted octanol–water partition coefficient (Wildman–Crippen LogP) is 0.449. The van der Waals surface area contributed by atoms with Crippen LogP contribution in [0.15, 0.2) is 0 Å². The maximum atomic E-state index is 10.8. The summed E-state index contributed by atoms with van der Waals surface area (Å²) in [6.07, 6.45) is -0.140. The average Bonchev–Trinajstić information content (AvgIpc) is 1.99. The summed E-state index contributed by atoms with van der Waals surface area (Å²) in [5.41, 5.74) is 0. The molecule has 0 fully saturated rings. The van der Waals surface area contributed by atoms with E-state index in [2.05, 4.69) is 21.2 Å². The second-order valence-corrected chi connectivity index (χ2v) is 3.01. The van der Waals surface area contributed by atoms with E-state index < -0.39 is 5.97 Å². The van der Waals surface area contributed by atoms with Crippen molar-refractivity contribution in [3.8, 4) is 0 Å². The third-order valence-electron chi connectivity index (χ3n) is 0.918. The van der Waals surface area contributed by atoms with E-state index in [1.165, 1.54) is 0 Å². The number of amides is 1. The Morgan fingerprint density at radius 1 is 1.50 bits per heavy atom. The van der Waals surface area contributed by atoms with Crippen LogP contribution in [-0.2, 0) is 14.3 Å². The molecule has 0 radical (unpaired) electrons. The number of hydrogen-bond donors (Lipinski definition) is 1. The van der Waals surface area contributed by atoms with Gasteiger partial charge < -0.3 is 10.1 Å². The summed E-state index contributed by atoms with van der Waals surface area (Å²) >= 11 is 2.95. The molecule has 12 heavy (non-hydrogen) atoms. The van der Waals surface area contributed by atoms with Crippen LogP contribution in [0.1, 0.15) is 13.8 Å². The first-order valence-corrected chi connectivity index (χ1v) is 4.70. The number of rotatable bonds is 4. The van der Waals surface area contributed by atoms with Gasteiger partial charge in [-0.25, -0.2) is 0 Å². The molecule has 0 heterocycles. The molecule has 0 aliphatic carbocycles. The third-order valence-corrected chi connectivity index (χ3v) is 1.43. The zero-order chi connectivity index (χ0) is 9.56. The fourth-order valence-corrected chi connectivity index (χ4v) is 0.721. The van der Waals surface area contributed by atoms with Crippen molar-refractivity contribution < 1.29 is 14.3 Å². The smallest absolute Gasteiger partial charge is 0.325 e. The van der Waals surface area contributed by atoms with Crippen LogP contribution in [0, 0.1) is 0 Å². The zero-order valence-corrected chi connectivity index (χ0v) is 8.68. The predicted molar refractivity (Wildman–Crippen MR) is 48.0 cm³/mol. The highest BCUT2D eigenvalue weighted by molar-refractivity contribution is 9.09. The second-order valence-electron chi connectivity index (χ2n) is 2.45. The molecule has 0 aliphatic heterocycles. The van der Waals surface area contributed by atoms with Crippen LogP contribution < -0.4 is 5.32 Å². The Balaban J connectivity index is 3.51. The summed E-state index contributed by atoms with van der Waals surface area (Å²) in [7, 11) is 0. The number of carbonyl (C=O) groups is 2. The minimum Gasteiger partial charge on any atom is -0.462 e. The van der Waals surface area contributed by atoms with Crippen LogP contribution in [0.5, 0.6) is 0 Å². The number of halogens is 1. The molecule has 0 rings (SSSR count). The van der Waals surface area contributed by atoms with E-state index in [1.807, 2.05) is 0 Å². The van der Waals surface area contributed by atoms with Crippen molar-refractivity contribution in [2.45, 2.75) is 20.0 Å². The first kappa shape index (κ1) is 11.4. The molecule has 4 nitrogen and oxygen atoms in total. The van der Waals surface area contributed by atoms with Gasteiger partial charge in [0.2, 0.25) is 5.91 Å². The fraction of sp³-hybridized carbons (Fsp3) is 0.714. The Labute approximate surface area is 79.8 Å². The highest BCUT2D eigenvalue weighted by Crippen LogP contribution is 1.87. The van der Waals surface area contributed by atoms with Gasteiger partial charge in [0.15, 0.2) is 0 Å². The van der Waals surface area contributed by atoms with Gasteiger partial charge in [-0.1, -0.05) is 15.9 Å². The number of alkyl halides is 1. The van der Waals surface area contributed by atoms with Crippen molar-refractivity contribution in [3.05, 3.63) is 0 Å². The molecule has 0 aromatic rings. The third kappa shape index (κ3) is 6.15. The van der Waals surface area contributed by atoms with Gasteiger partial charge in [-0.2, -0.15) is 0 Å². The van der Waals surface area contributed by atoms with Gasteiger partial charge in [0.05, 0.1) is 11.4 Å². The Morgan fingerprint density at radius 2 is 2.08 bits per heavy atom. The molecule has 0 aliphatic rings. The van der Waals surface area contributed by atoms with Crippen molar-refractivity contribution >= 4 is 27.8 Å². The number of nitrogens with one attached hydrogen (secondary N) is 1. The number of hydrogen-bond acceptors (Lipinski definition) is 3. The maximum absolute atomic E-state index is 10.8. The van der Waals surface area contributed by atoms with Crippen molar-refractivity contribution in [3.63, 3.8) is 0 Å². The molecule has 0 unspecified atom stereocenters. The van der Waals surface area contributed by atoms with Crippen LogP contribution in [-0.4, -0.2) is 29.9 Å². The average molecular weight is 238 g/mol. The summed E-state index contributed by atoms with van der Waals surface area (Å²) in [6.45, 7) is 3.44. The van der Waals surface area contributed by atoms with E-state index in [0.717, 1.165) is 0 Å². The van der Waals surface area contributed by atoms with Crippen LogP contribution in [0.3, 0.4) is 0 Å². The Kier molecular flexibility index (Phi) is 5.70. The summed E-state index contributed by atoms with van der Waals surface area (Å²) in [6, 6.07) is 0. The molecule has 5 heteroatoms. The highest BCUT2D eigenvalue weighted by Gasteiger charge is 2.06.